The van der Waals surface area contributed by atoms with Crippen LogP contribution in [-0.4, -0.2) is 22.6 Å². The van der Waals surface area contributed by atoms with Crippen LogP contribution < -0.4 is 5.32 Å². The normalized spacial score (nSPS) is 11.9. The Morgan fingerprint density at radius 3 is 2.53 bits per heavy atom. The molecule has 1 heterocycles. The number of carboxylic acids is 1. The number of hydrogen-bond donors (Lipinski definition) is 2. The molecular formula is C12H20N2O2S. The van der Waals surface area contributed by atoms with Crippen molar-refractivity contribution in [3.63, 3.8) is 0 Å². The van der Waals surface area contributed by atoms with Crippen LogP contribution in [0.2, 0.25) is 0 Å². The molecule has 0 spiro atoms. The van der Waals surface area contributed by atoms with Gasteiger partial charge in [-0.25, -0.2) is 9.78 Å². The van der Waals surface area contributed by atoms with E-state index < -0.39 is 5.97 Å². The van der Waals surface area contributed by atoms with Crippen molar-refractivity contribution in [2.24, 2.45) is 11.3 Å². The molecule has 17 heavy (non-hydrogen) atoms. The Balaban J connectivity index is 2.71. The Morgan fingerprint density at radius 2 is 2.12 bits per heavy atom. The lowest BCUT2D eigenvalue weighted by atomic mass is 9.81. The number of anilines is 1. The molecule has 0 aliphatic carbocycles. The monoisotopic (exact) mass is 256 g/mol. The maximum absolute atomic E-state index is 10.9. The van der Waals surface area contributed by atoms with Crippen LogP contribution in [0.3, 0.4) is 0 Å². The van der Waals surface area contributed by atoms with E-state index in [1.54, 1.807) is 6.92 Å². The molecule has 0 amide bonds. The lowest BCUT2D eigenvalue weighted by Gasteiger charge is -2.29. The second-order valence-electron chi connectivity index (χ2n) is 5.23. The van der Waals surface area contributed by atoms with Gasteiger partial charge in [-0.1, -0.05) is 27.7 Å². The molecule has 1 aromatic rings. The SMILES string of the molecule is Cc1sc(NCC(C)(C)C(C)C)nc1C(=O)O. The van der Waals surface area contributed by atoms with E-state index >= 15 is 0 Å². The second-order valence-corrected chi connectivity index (χ2v) is 6.43. The standard InChI is InChI=1S/C12H20N2O2S/c1-7(2)12(4,5)6-13-11-14-9(10(15)16)8(3)17-11/h7H,6H2,1-5H3,(H,13,14)(H,15,16). The fraction of sp³-hybridized carbons (Fsp3) is 0.667. The van der Waals surface area contributed by atoms with Gasteiger partial charge in [-0.15, -0.1) is 11.3 Å². The van der Waals surface area contributed by atoms with Gasteiger partial charge in [0.15, 0.2) is 10.8 Å². The van der Waals surface area contributed by atoms with Crippen molar-refractivity contribution in [1.29, 1.82) is 0 Å². The highest BCUT2D eigenvalue weighted by Gasteiger charge is 2.23. The zero-order valence-electron chi connectivity index (χ0n) is 11.0. The molecule has 0 aliphatic heterocycles. The summed E-state index contributed by atoms with van der Waals surface area (Å²) in [5.74, 6) is -0.412. The van der Waals surface area contributed by atoms with Gasteiger partial charge in [0.25, 0.3) is 0 Å². The molecule has 0 radical (unpaired) electrons. The summed E-state index contributed by atoms with van der Waals surface area (Å²) in [6.45, 7) is 11.3. The molecule has 0 fully saturated rings. The Morgan fingerprint density at radius 1 is 1.53 bits per heavy atom. The molecule has 0 unspecified atom stereocenters. The minimum absolute atomic E-state index is 0.153. The second kappa shape index (κ2) is 5.04. The number of carboxylic acid groups (broad SMARTS) is 1. The van der Waals surface area contributed by atoms with Crippen molar-refractivity contribution in [1.82, 2.24) is 4.98 Å². The number of aromatic nitrogens is 1. The number of nitrogens with one attached hydrogen (secondary N) is 1. The van der Waals surface area contributed by atoms with Crippen molar-refractivity contribution in [2.45, 2.75) is 34.6 Å². The molecule has 0 aliphatic rings. The zero-order valence-corrected chi connectivity index (χ0v) is 11.8. The van der Waals surface area contributed by atoms with Crippen molar-refractivity contribution in [2.75, 3.05) is 11.9 Å². The molecule has 0 bridgehead atoms. The first-order chi connectivity index (χ1) is 7.74. The van der Waals surface area contributed by atoms with Gasteiger partial charge in [-0.2, -0.15) is 0 Å². The average Bonchev–Trinajstić information content (AvgIpc) is 2.57. The minimum Gasteiger partial charge on any atom is -0.476 e. The number of aryl methyl sites for hydroxylation is 1. The first-order valence-corrected chi connectivity index (χ1v) is 6.50. The summed E-state index contributed by atoms with van der Waals surface area (Å²) in [7, 11) is 0. The first kappa shape index (κ1) is 14.0. The Bertz CT molecular complexity index is 411. The average molecular weight is 256 g/mol. The topological polar surface area (TPSA) is 62.2 Å². The van der Waals surface area contributed by atoms with E-state index in [2.05, 4.69) is 38.0 Å². The van der Waals surface area contributed by atoms with Crippen molar-refractivity contribution in [3.05, 3.63) is 10.6 Å². The van der Waals surface area contributed by atoms with Gasteiger partial charge >= 0.3 is 5.97 Å². The highest BCUT2D eigenvalue weighted by Crippen LogP contribution is 2.28. The molecule has 0 atom stereocenters. The van der Waals surface area contributed by atoms with Gasteiger partial charge in [-0.05, 0) is 18.3 Å². The van der Waals surface area contributed by atoms with E-state index in [0.717, 1.165) is 11.4 Å². The summed E-state index contributed by atoms with van der Waals surface area (Å²) in [6.07, 6.45) is 0. The van der Waals surface area contributed by atoms with Gasteiger partial charge < -0.3 is 10.4 Å². The van der Waals surface area contributed by atoms with Gasteiger partial charge in [0, 0.05) is 11.4 Å². The summed E-state index contributed by atoms with van der Waals surface area (Å²) >= 11 is 1.39. The van der Waals surface area contributed by atoms with E-state index in [9.17, 15) is 4.79 Å². The number of carbonyl (C=O) groups is 1. The summed E-state index contributed by atoms with van der Waals surface area (Å²) in [5, 5.41) is 12.8. The van der Waals surface area contributed by atoms with Crippen LogP contribution in [0.4, 0.5) is 5.13 Å². The number of hydrogen-bond acceptors (Lipinski definition) is 4. The molecule has 4 nitrogen and oxygen atoms in total. The molecule has 0 aromatic carbocycles. The van der Waals surface area contributed by atoms with E-state index in [1.807, 2.05) is 0 Å². The van der Waals surface area contributed by atoms with Crippen LogP contribution in [0.1, 0.15) is 43.1 Å². The van der Waals surface area contributed by atoms with Crippen LogP contribution in [0.15, 0.2) is 0 Å². The molecule has 96 valence electrons. The lowest BCUT2D eigenvalue weighted by molar-refractivity contribution is 0.0690. The smallest absolute Gasteiger partial charge is 0.355 e. The third kappa shape index (κ3) is 3.43. The number of nitrogens with zero attached hydrogens (tertiary/aromatic N) is 1. The van der Waals surface area contributed by atoms with E-state index in [0.29, 0.717) is 11.0 Å². The van der Waals surface area contributed by atoms with Crippen molar-refractivity contribution >= 4 is 22.4 Å². The predicted molar refractivity (Wildman–Crippen MR) is 70.9 cm³/mol. The van der Waals surface area contributed by atoms with Gasteiger partial charge in [0.1, 0.15) is 0 Å². The maximum atomic E-state index is 10.9. The molecule has 5 heteroatoms. The molecule has 1 aromatic heterocycles. The van der Waals surface area contributed by atoms with E-state index in [1.165, 1.54) is 11.3 Å². The van der Waals surface area contributed by atoms with Gasteiger partial charge in [0.2, 0.25) is 0 Å². The van der Waals surface area contributed by atoms with E-state index in [-0.39, 0.29) is 11.1 Å². The van der Waals surface area contributed by atoms with Crippen LogP contribution in [0.5, 0.6) is 0 Å². The lowest BCUT2D eigenvalue weighted by Crippen LogP contribution is -2.28. The largest absolute Gasteiger partial charge is 0.476 e. The third-order valence-corrected chi connectivity index (χ3v) is 4.19. The third-order valence-electron chi connectivity index (χ3n) is 3.26. The van der Waals surface area contributed by atoms with Crippen molar-refractivity contribution in [3.8, 4) is 0 Å². The number of thiazole rings is 1. The quantitative estimate of drug-likeness (QED) is 0.849. The number of rotatable bonds is 5. The Hall–Kier alpha value is -1.10. The summed E-state index contributed by atoms with van der Waals surface area (Å²) in [5.41, 5.74) is 0.308. The van der Waals surface area contributed by atoms with Gasteiger partial charge in [0.05, 0.1) is 0 Å². The zero-order chi connectivity index (χ0) is 13.2. The van der Waals surface area contributed by atoms with Gasteiger partial charge in [-0.3, -0.25) is 0 Å². The predicted octanol–water partition coefficient (Wildman–Crippen LogP) is 3.24. The molecule has 0 saturated carbocycles. The van der Waals surface area contributed by atoms with Crippen molar-refractivity contribution < 1.29 is 9.90 Å². The first-order valence-electron chi connectivity index (χ1n) is 5.68. The van der Waals surface area contributed by atoms with E-state index in [4.69, 9.17) is 5.11 Å². The fourth-order valence-corrected chi connectivity index (χ4v) is 1.98. The molecule has 2 N–H and O–H groups in total. The van der Waals surface area contributed by atoms with Crippen LogP contribution in [0.25, 0.3) is 0 Å². The molecule has 1 rings (SSSR count). The minimum atomic E-state index is -0.963. The maximum Gasteiger partial charge on any atom is 0.355 e. The molecular weight excluding hydrogens is 236 g/mol. The Labute approximate surface area is 106 Å². The Kier molecular flexibility index (Phi) is 4.14. The molecule has 0 saturated heterocycles. The van der Waals surface area contributed by atoms with Crippen LogP contribution >= 0.6 is 11.3 Å². The summed E-state index contributed by atoms with van der Waals surface area (Å²) in [4.78, 5) is 15.7. The fourth-order valence-electron chi connectivity index (χ4n) is 1.18. The number of aromatic carboxylic acids is 1. The summed E-state index contributed by atoms with van der Waals surface area (Å²) < 4.78 is 0. The van der Waals surface area contributed by atoms with Crippen LogP contribution in [0, 0.1) is 18.3 Å². The highest BCUT2D eigenvalue weighted by molar-refractivity contribution is 7.15. The van der Waals surface area contributed by atoms with Crippen LogP contribution in [-0.2, 0) is 0 Å². The highest BCUT2D eigenvalue weighted by atomic mass is 32.1. The summed E-state index contributed by atoms with van der Waals surface area (Å²) in [6, 6.07) is 0.